The van der Waals surface area contributed by atoms with Gasteiger partial charge in [-0.25, -0.2) is 0 Å². The highest BCUT2D eigenvalue weighted by molar-refractivity contribution is 7.99. The average molecular weight is 253 g/mol. The van der Waals surface area contributed by atoms with Crippen LogP contribution >= 0.6 is 11.8 Å². The maximum Gasteiger partial charge on any atom is 0.251 e. The highest BCUT2D eigenvalue weighted by Gasteiger charge is 2.18. The molecule has 0 spiro atoms. The van der Waals surface area contributed by atoms with Gasteiger partial charge in [0.05, 0.1) is 0 Å². The van der Waals surface area contributed by atoms with Crippen molar-refractivity contribution in [1.29, 1.82) is 0 Å². The van der Waals surface area contributed by atoms with Gasteiger partial charge in [0.2, 0.25) is 0 Å². The predicted octanol–water partition coefficient (Wildman–Crippen LogP) is 2.57. The van der Waals surface area contributed by atoms with Crippen molar-refractivity contribution < 1.29 is 9.90 Å². The first-order valence-electron chi connectivity index (χ1n) is 5.49. The van der Waals surface area contributed by atoms with Crippen molar-refractivity contribution >= 4 is 17.7 Å². The number of rotatable bonds is 4. The molecule has 1 amide bonds. The number of benzene rings is 1. The molecule has 0 aliphatic heterocycles. The van der Waals surface area contributed by atoms with Crippen LogP contribution in [0.25, 0.3) is 0 Å². The van der Waals surface area contributed by atoms with Crippen LogP contribution in [-0.2, 0) is 0 Å². The third-order valence-corrected chi connectivity index (χ3v) is 3.93. The Labute approximate surface area is 107 Å². The molecule has 0 aliphatic rings. The minimum Gasteiger partial charge on any atom is -0.508 e. The van der Waals surface area contributed by atoms with Crippen LogP contribution in [0, 0.1) is 6.92 Å². The number of carbonyl (C=O) groups is 1. The molecule has 0 saturated heterocycles. The number of hydrogen-bond acceptors (Lipinski definition) is 3. The van der Waals surface area contributed by atoms with E-state index in [1.54, 1.807) is 23.9 Å². The van der Waals surface area contributed by atoms with Crippen molar-refractivity contribution in [1.82, 2.24) is 5.32 Å². The monoisotopic (exact) mass is 253 g/mol. The van der Waals surface area contributed by atoms with Gasteiger partial charge >= 0.3 is 0 Å². The van der Waals surface area contributed by atoms with Crippen molar-refractivity contribution in [2.24, 2.45) is 0 Å². The molecule has 3 nitrogen and oxygen atoms in total. The summed E-state index contributed by atoms with van der Waals surface area (Å²) in [6.45, 7) is 6.60. The Morgan fingerprint density at radius 2 is 2.12 bits per heavy atom. The molecular formula is C13H19NO2S. The van der Waals surface area contributed by atoms with E-state index in [-0.39, 0.29) is 16.4 Å². The van der Waals surface area contributed by atoms with Gasteiger partial charge in [-0.15, -0.1) is 0 Å². The standard InChI is InChI=1S/C13H19NO2S/c1-9-7-10(15)5-6-11(9)12(16)14-8-13(2,3)17-4/h5-7,15H,8H2,1-4H3,(H,14,16). The highest BCUT2D eigenvalue weighted by Crippen LogP contribution is 2.20. The van der Waals surface area contributed by atoms with Crippen LogP contribution in [-0.4, -0.2) is 28.6 Å². The number of nitrogens with one attached hydrogen (secondary N) is 1. The maximum absolute atomic E-state index is 11.9. The Hall–Kier alpha value is -1.16. The van der Waals surface area contributed by atoms with Crippen LogP contribution in [0.5, 0.6) is 5.75 Å². The Kier molecular flexibility index (Phi) is 4.46. The fourth-order valence-electron chi connectivity index (χ4n) is 1.36. The zero-order valence-electron chi connectivity index (χ0n) is 10.7. The van der Waals surface area contributed by atoms with E-state index >= 15 is 0 Å². The molecule has 1 aromatic rings. The molecule has 17 heavy (non-hydrogen) atoms. The van der Waals surface area contributed by atoms with Gasteiger partial charge in [-0.3, -0.25) is 4.79 Å². The van der Waals surface area contributed by atoms with Crippen LogP contribution in [0.3, 0.4) is 0 Å². The summed E-state index contributed by atoms with van der Waals surface area (Å²) in [6.07, 6.45) is 2.03. The number of phenols is 1. The van der Waals surface area contributed by atoms with Crippen LogP contribution in [0.2, 0.25) is 0 Å². The molecule has 0 fully saturated rings. The lowest BCUT2D eigenvalue weighted by atomic mass is 10.1. The second-order valence-electron chi connectivity index (χ2n) is 4.65. The smallest absolute Gasteiger partial charge is 0.251 e. The molecule has 0 atom stereocenters. The van der Waals surface area contributed by atoms with Gasteiger partial charge in [-0.2, -0.15) is 11.8 Å². The van der Waals surface area contributed by atoms with Crippen LogP contribution in [0.4, 0.5) is 0 Å². The van der Waals surface area contributed by atoms with Crippen molar-refractivity contribution in [2.45, 2.75) is 25.5 Å². The van der Waals surface area contributed by atoms with E-state index in [1.807, 2.05) is 13.2 Å². The number of phenolic OH excluding ortho intramolecular Hbond substituents is 1. The minimum absolute atomic E-state index is 0.0283. The Balaban J connectivity index is 2.71. The first kappa shape index (κ1) is 13.9. The van der Waals surface area contributed by atoms with Gasteiger partial charge in [-0.05, 0) is 50.8 Å². The summed E-state index contributed by atoms with van der Waals surface area (Å²) < 4.78 is 0.0283. The Morgan fingerprint density at radius 3 is 2.65 bits per heavy atom. The Bertz CT molecular complexity index is 416. The number of aromatic hydroxyl groups is 1. The first-order chi connectivity index (χ1) is 7.85. The van der Waals surface area contributed by atoms with E-state index < -0.39 is 0 Å². The lowest BCUT2D eigenvalue weighted by Gasteiger charge is -2.22. The zero-order valence-corrected chi connectivity index (χ0v) is 11.5. The third kappa shape index (κ3) is 3.97. The first-order valence-corrected chi connectivity index (χ1v) is 6.71. The normalized spacial score (nSPS) is 11.3. The van der Waals surface area contributed by atoms with E-state index in [9.17, 15) is 9.90 Å². The maximum atomic E-state index is 11.9. The molecule has 4 heteroatoms. The fourth-order valence-corrected chi connectivity index (χ4v) is 1.58. The number of amides is 1. The van der Waals surface area contributed by atoms with E-state index in [4.69, 9.17) is 0 Å². The van der Waals surface area contributed by atoms with Gasteiger partial charge in [0.15, 0.2) is 0 Å². The fraction of sp³-hybridized carbons (Fsp3) is 0.462. The number of hydrogen-bond donors (Lipinski definition) is 2. The molecule has 94 valence electrons. The molecule has 0 aromatic heterocycles. The summed E-state index contributed by atoms with van der Waals surface area (Å²) in [7, 11) is 0. The second kappa shape index (κ2) is 5.45. The van der Waals surface area contributed by atoms with Gasteiger partial charge in [0.1, 0.15) is 5.75 Å². The molecular weight excluding hydrogens is 234 g/mol. The van der Waals surface area contributed by atoms with E-state index in [0.29, 0.717) is 12.1 Å². The van der Waals surface area contributed by atoms with E-state index in [2.05, 4.69) is 19.2 Å². The van der Waals surface area contributed by atoms with Gasteiger partial charge < -0.3 is 10.4 Å². The average Bonchev–Trinajstić information content (AvgIpc) is 2.26. The van der Waals surface area contributed by atoms with Crippen molar-refractivity contribution in [3.8, 4) is 5.75 Å². The molecule has 1 rings (SSSR count). The van der Waals surface area contributed by atoms with Gasteiger partial charge in [0, 0.05) is 16.9 Å². The Morgan fingerprint density at radius 1 is 1.47 bits per heavy atom. The molecule has 1 aromatic carbocycles. The summed E-state index contributed by atoms with van der Waals surface area (Å²) >= 11 is 1.72. The van der Waals surface area contributed by atoms with Gasteiger partial charge in [0.25, 0.3) is 5.91 Å². The van der Waals surface area contributed by atoms with Crippen LogP contribution < -0.4 is 5.32 Å². The summed E-state index contributed by atoms with van der Waals surface area (Å²) in [6, 6.07) is 4.77. The lowest BCUT2D eigenvalue weighted by molar-refractivity contribution is 0.0950. The van der Waals surface area contributed by atoms with Crippen molar-refractivity contribution in [3.63, 3.8) is 0 Å². The highest BCUT2D eigenvalue weighted by atomic mass is 32.2. The third-order valence-electron chi connectivity index (χ3n) is 2.68. The SMILES string of the molecule is CSC(C)(C)CNC(=O)c1ccc(O)cc1C. The van der Waals surface area contributed by atoms with Crippen molar-refractivity contribution in [2.75, 3.05) is 12.8 Å². The quantitative estimate of drug-likeness (QED) is 0.867. The van der Waals surface area contributed by atoms with Crippen LogP contribution in [0.15, 0.2) is 18.2 Å². The summed E-state index contributed by atoms with van der Waals surface area (Å²) in [4.78, 5) is 11.9. The number of aryl methyl sites for hydroxylation is 1. The van der Waals surface area contributed by atoms with E-state index in [0.717, 1.165) is 5.56 Å². The minimum atomic E-state index is -0.0929. The topological polar surface area (TPSA) is 49.3 Å². The summed E-state index contributed by atoms with van der Waals surface area (Å²) in [5.41, 5.74) is 1.39. The lowest BCUT2D eigenvalue weighted by Crippen LogP contribution is -2.36. The zero-order chi connectivity index (χ0) is 13.1. The molecule has 2 N–H and O–H groups in total. The van der Waals surface area contributed by atoms with Gasteiger partial charge in [-0.1, -0.05) is 0 Å². The molecule has 0 heterocycles. The van der Waals surface area contributed by atoms with E-state index in [1.165, 1.54) is 6.07 Å². The largest absolute Gasteiger partial charge is 0.508 e. The predicted molar refractivity (Wildman–Crippen MR) is 72.8 cm³/mol. The van der Waals surface area contributed by atoms with Crippen molar-refractivity contribution in [3.05, 3.63) is 29.3 Å². The molecule has 0 unspecified atom stereocenters. The second-order valence-corrected chi connectivity index (χ2v) is 6.16. The number of carbonyl (C=O) groups excluding carboxylic acids is 1. The molecule has 0 radical (unpaired) electrons. The van der Waals surface area contributed by atoms with Crippen LogP contribution in [0.1, 0.15) is 29.8 Å². The summed E-state index contributed by atoms with van der Waals surface area (Å²) in [5.74, 6) is 0.0909. The molecule has 0 saturated carbocycles. The molecule has 0 bridgehead atoms. The number of thioether (sulfide) groups is 1. The summed E-state index contributed by atoms with van der Waals surface area (Å²) in [5, 5.41) is 12.2. The molecule has 0 aliphatic carbocycles.